The summed E-state index contributed by atoms with van der Waals surface area (Å²) in [5.74, 6) is -0.174. The number of aromatic hydroxyl groups is 1. The van der Waals surface area contributed by atoms with Crippen molar-refractivity contribution < 1.29 is 5.11 Å². The van der Waals surface area contributed by atoms with Crippen molar-refractivity contribution in [1.82, 2.24) is 9.13 Å². The van der Waals surface area contributed by atoms with Gasteiger partial charge in [-0.05, 0) is 60.7 Å². The monoisotopic (exact) mass is 652 g/mol. The predicted octanol–water partition coefficient (Wildman–Crippen LogP) is 6.56. The first-order valence-electron chi connectivity index (χ1n) is 16.4. The molecule has 4 heterocycles. The zero-order chi connectivity index (χ0) is 31.4. The topological polar surface area (TPSA) is 106 Å². The maximum atomic E-state index is 14.5. The lowest BCUT2D eigenvalue weighted by Crippen LogP contribution is -2.37. The summed E-state index contributed by atoms with van der Waals surface area (Å²) in [7, 11) is 0. The van der Waals surface area contributed by atoms with Crippen molar-refractivity contribution >= 4 is 49.9 Å². The number of rotatable bonds is 7. The molecule has 10 heteroatoms. The highest BCUT2D eigenvalue weighted by atomic mass is 32.1. The number of benzene rings is 2. The highest BCUT2D eigenvalue weighted by molar-refractivity contribution is 7.10. The number of nitrogens with one attached hydrogen (secondary N) is 1. The van der Waals surface area contributed by atoms with Crippen molar-refractivity contribution in [3.63, 3.8) is 0 Å². The van der Waals surface area contributed by atoms with Crippen LogP contribution in [-0.4, -0.2) is 26.3 Å². The molecule has 0 saturated heterocycles. The fourth-order valence-electron chi connectivity index (χ4n) is 7.65. The largest absolute Gasteiger partial charge is 0.494 e. The Morgan fingerprint density at radius 1 is 0.761 bits per heavy atom. The van der Waals surface area contributed by atoms with E-state index in [2.05, 4.69) is 5.32 Å². The summed E-state index contributed by atoms with van der Waals surface area (Å²) in [6.45, 7) is 0.385. The number of hydrogen-bond donors (Lipinski definition) is 2. The van der Waals surface area contributed by atoms with Gasteiger partial charge in [0.15, 0.2) is 0 Å². The van der Waals surface area contributed by atoms with E-state index in [0.29, 0.717) is 43.7 Å². The van der Waals surface area contributed by atoms with Crippen molar-refractivity contribution in [2.75, 3.05) is 5.32 Å². The molecule has 0 unspecified atom stereocenters. The van der Waals surface area contributed by atoms with Gasteiger partial charge in [0.1, 0.15) is 0 Å². The highest BCUT2D eigenvalue weighted by Crippen LogP contribution is 2.41. The Morgan fingerprint density at radius 2 is 1.41 bits per heavy atom. The van der Waals surface area contributed by atoms with Crippen molar-refractivity contribution in [1.29, 1.82) is 0 Å². The molecule has 4 aliphatic rings. The van der Waals surface area contributed by atoms with E-state index in [-0.39, 0.29) is 42.2 Å². The van der Waals surface area contributed by atoms with Crippen molar-refractivity contribution in [3.8, 4) is 17.0 Å². The van der Waals surface area contributed by atoms with Gasteiger partial charge in [-0.25, -0.2) is 0 Å². The summed E-state index contributed by atoms with van der Waals surface area (Å²) in [6.07, 6.45) is 10.5. The van der Waals surface area contributed by atoms with Gasteiger partial charge in [-0.1, -0.05) is 50.7 Å². The number of aromatic nitrogens is 2. The lowest BCUT2D eigenvalue weighted by atomic mass is 9.88. The maximum Gasteiger partial charge on any atom is 0.263 e. The molecule has 2 N–H and O–H groups in total. The lowest BCUT2D eigenvalue weighted by molar-refractivity contribution is 0.422. The fraction of sp³-hybridized carbons (Fsp3) is 0.389. The molecule has 0 spiro atoms. The van der Waals surface area contributed by atoms with E-state index in [1.54, 1.807) is 12.1 Å². The van der Waals surface area contributed by atoms with E-state index < -0.39 is 5.56 Å². The normalized spacial score (nSPS) is 17.2. The summed E-state index contributed by atoms with van der Waals surface area (Å²) in [4.78, 5) is 50.2. The second-order valence-electron chi connectivity index (χ2n) is 12.9. The van der Waals surface area contributed by atoms with E-state index in [0.717, 1.165) is 61.1 Å². The van der Waals surface area contributed by atoms with Gasteiger partial charge in [0, 0.05) is 32.4 Å². The first-order valence-corrected chi connectivity index (χ1v) is 18.2. The third-order valence-corrected chi connectivity index (χ3v) is 11.6. The molecule has 236 valence electrons. The minimum atomic E-state index is -0.397. The molecule has 3 aliphatic carbocycles. The average molecular weight is 653 g/mol. The van der Waals surface area contributed by atoms with Crippen LogP contribution in [-0.2, 0) is 13.1 Å². The molecule has 2 fully saturated rings. The van der Waals surface area contributed by atoms with Crippen LogP contribution in [0.15, 0.2) is 66.5 Å². The minimum absolute atomic E-state index is 0.0588. The Morgan fingerprint density at radius 3 is 2.07 bits per heavy atom. The molecule has 46 heavy (non-hydrogen) atoms. The maximum absolute atomic E-state index is 14.5. The molecule has 8 nitrogen and oxygen atoms in total. The molecule has 1 aromatic carbocycles. The van der Waals surface area contributed by atoms with Crippen LogP contribution in [0.5, 0.6) is 5.88 Å². The van der Waals surface area contributed by atoms with Crippen LogP contribution in [0.25, 0.3) is 32.7 Å². The number of nitrogens with zero attached hydrogens (tertiary/aromatic N) is 3. The Balaban J connectivity index is 1.50. The first-order chi connectivity index (χ1) is 22.5. The van der Waals surface area contributed by atoms with Gasteiger partial charge in [-0.3, -0.25) is 28.5 Å². The molecule has 0 radical (unpaired) electrons. The second-order valence-corrected chi connectivity index (χ2v) is 14.9. The SMILES string of the molecule is O=c1c2cc(NC3CCCCC3)c3c4c2c(c(O)n1Cc1cccs1)c(=NC1CCCCC1)cc-4c(=O)n(Cc1cccs1)c3=O. The Labute approximate surface area is 273 Å². The Hall–Kier alpha value is -4.02. The van der Waals surface area contributed by atoms with Crippen molar-refractivity contribution in [2.24, 2.45) is 4.99 Å². The number of anilines is 1. The van der Waals surface area contributed by atoms with Gasteiger partial charge in [-0.2, -0.15) is 0 Å². The van der Waals surface area contributed by atoms with Gasteiger partial charge in [-0.15, -0.1) is 22.7 Å². The molecular formula is C36H36N4O4S2. The van der Waals surface area contributed by atoms with E-state index in [1.165, 1.54) is 44.6 Å². The van der Waals surface area contributed by atoms with Crippen LogP contribution < -0.4 is 27.4 Å². The van der Waals surface area contributed by atoms with Crippen molar-refractivity contribution in [2.45, 2.75) is 89.4 Å². The predicted molar refractivity (Wildman–Crippen MR) is 187 cm³/mol. The smallest absolute Gasteiger partial charge is 0.263 e. The standard InChI is InChI=1S/C36H36N4O4S2/c41-33-25-17-27(37-21-9-3-1-4-10-21)31-29-26(34(42)39(35(31)43)19-23-13-7-15-45-23)18-28(38-22-11-5-2-6-12-22)32(30(25)29)36(44)40(33)20-24-14-8-16-46-24/h7-8,13-18,21-22,37,44H,1-6,9-12,19-20H2. The molecule has 0 amide bonds. The lowest BCUT2D eigenvalue weighted by Gasteiger charge is -2.27. The summed E-state index contributed by atoms with van der Waals surface area (Å²) in [5, 5.41) is 21.7. The zero-order valence-corrected chi connectivity index (χ0v) is 27.2. The van der Waals surface area contributed by atoms with Crippen LogP contribution in [0, 0.1) is 0 Å². The summed E-state index contributed by atoms with van der Waals surface area (Å²) in [6, 6.07) is 11.5. The van der Waals surface area contributed by atoms with Gasteiger partial charge in [0.25, 0.3) is 16.7 Å². The summed E-state index contributed by atoms with van der Waals surface area (Å²) >= 11 is 3.03. The molecule has 0 bridgehead atoms. The Bertz CT molecular complexity index is 2230. The molecule has 4 aromatic rings. The Kier molecular flexibility index (Phi) is 7.65. The summed E-state index contributed by atoms with van der Waals surface area (Å²) in [5.41, 5.74) is 0.260. The molecule has 1 aliphatic heterocycles. The molecule has 8 rings (SSSR count). The van der Waals surface area contributed by atoms with E-state index in [4.69, 9.17) is 4.99 Å². The van der Waals surface area contributed by atoms with Gasteiger partial charge in [0.2, 0.25) is 5.88 Å². The second kappa shape index (κ2) is 12.0. The van der Waals surface area contributed by atoms with Crippen LogP contribution in [0.1, 0.15) is 74.0 Å². The van der Waals surface area contributed by atoms with Crippen LogP contribution in [0.3, 0.4) is 0 Å². The highest BCUT2D eigenvalue weighted by Gasteiger charge is 2.30. The third kappa shape index (κ3) is 5.02. The van der Waals surface area contributed by atoms with Crippen LogP contribution in [0.4, 0.5) is 5.69 Å². The van der Waals surface area contributed by atoms with E-state index >= 15 is 0 Å². The number of pyridine rings is 2. The number of hydrogen-bond acceptors (Lipinski definition) is 8. The minimum Gasteiger partial charge on any atom is -0.494 e. The average Bonchev–Trinajstić information content (AvgIpc) is 3.79. The molecule has 3 aromatic heterocycles. The fourth-order valence-corrected chi connectivity index (χ4v) is 9.04. The van der Waals surface area contributed by atoms with Crippen molar-refractivity contribution in [3.05, 3.63) is 93.3 Å². The zero-order valence-electron chi connectivity index (χ0n) is 25.6. The van der Waals surface area contributed by atoms with Crippen LogP contribution in [0.2, 0.25) is 0 Å². The van der Waals surface area contributed by atoms with Crippen LogP contribution >= 0.6 is 22.7 Å². The molecule has 0 atom stereocenters. The van der Waals surface area contributed by atoms with E-state index in [9.17, 15) is 19.5 Å². The molecule has 2 saturated carbocycles. The van der Waals surface area contributed by atoms with Gasteiger partial charge >= 0.3 is 0 Å². The quantitative estimate of drug-likeness (QED) is 0.190. The number of thiophene rings is 2. The third-order valence-electron chi connectivity index (χ3n) is 9.92. The van der Waals surface area contributed by atoms with Gasteiger partial charge in [0.05, 0.1) is 46.2 Å². The summed E-state index contributed by atoms with van der Waals surface area (Å²) < 4.78 is 2.75. The first kappa shape index (κ1) is 29.4. The van der Waals surface area contributed by atoms with Gasteiger partial charge < -0.3 is 10.4 Å². The molecular weight excluding hydrogens is 617 g/mol. The van der Waals surface area contributed by atoms with E-state index in [1.807, 2.05) is 35.0 Å².